The molecule has 0 unspecified atom stereocenters. The van der Waals surface area contributed by atoms with Gasteiger partial charge in [-0.05, 0) is 32.0 Å². The lowest BCUT2D eigenvalue weighted by Crippen LogP contribution is -2.23. The third-order valence-electron chi connectivity index (χ3n) is 5.09. The maximum atomic E-state index is 11.1. The number of rotatable bonds is 10. The van der Waals surface area contributed by atoms with Gasteiger partial charge in [-0.15, -0.1) is 0 Å². The molecule has 0 saturated carbocycles. The largest absolute Gasteiger partial charge is 0.495 e. The summed E-state index contributed by atoms with van der Waals surface area (Å²) in [5.74, 6) is 1.79. The van der Waals surface area contributed by atoms with E-state index in [0.717, 1.165) is 18.8 Å². The number of benzene rings is 2. The van der Waals surface area contributed by atoms with E-state index in [0.29, 0.717) is 28.6 Å². The van der Waals surface area contributed by atoms with Gasteiger partial charge in [0, 0.05) is 25.2 Å². The van der Waals surface area contributed by atoms with Gasteiger partial charge in [-0.25, -0.2) is 9.78 Å². The highest BCUT2D eigenvalue weighted by molar-refractivity contribution is 6.33. The van der Waals surface area contributed by atoms with Crippen molar-refractivity contribution in [1.82, 2.24) is 9.97 Å². The van der Waals surface area contributed by atoms with Crippen LogP contribution < -0.4 is 41.2 Å². The Morgan fingerprint density at radius 1 is 1.06 bits per heavy atom. The van der Waals surface area contributed by atoms with Crippen molar-refractivity contribution in [3.63, 3.8) is 0 Å². The van der Waals surface area contributed by atoms with Crippen LogP contribution in [0.5, 0.6) is 17.2 Å². The van der Waals surface area contributed by atoms with Crippen LogP contribution in [0, 0.1) is 0 Å². The van der Waals surface area contributed by atoms with Gasteiger partial charge in [-0.3, -0.25) is 0 Å². The molecule has 186 valence electrons. The normalized spacial score (nSPS) is 10.4. The second-order valence-electron chi connectivity index (χ2n) is 7.21. The van der Waals surface area contributed by atoms with Gasteiger partial charge >= 0.3 is 6.09 Å². The van der Waals surface area contributed by atoms with Crippen molar-refractivity contribution in [2.24, 2.45) is 5.73 Å². The zero-order chi connectivity index (χ0) is 25.5. The summed E-state index contributed by atoms with van der Waals surface area (Å²) >= 11 is 6.33. The lowest BCUT2D eigenvalue weighted by atomic mass is 10.2. The Morgan fingerprint density at radius 3 is 2.37 bits per heavy atom. The van der Waals surface area contributed by atoms with Crippen molar-refractivity contribution in [3.05, 3.63) is 41.6 Å². The smallest absolute Gasteiger partial charge is 0.409 e. The van der Waals surface area contributed by atoms with E-state index >= 15 is 0 Å². The molecule has 0 atom stereocenters. The molecule has 3 aromatic rings. The van der Waals surface area contributed by atoms with Gasteiger partial charge in [-0.2, -0.15) is 4.98 Å². The monoisotopic (exact) mass is 501 g/mol. The number of hydrogen-bond acceptors (Lipinski definition) is 10. The molecule has 1 aromatic heterocycles. The average Bonchev–Trinajstić information content (AvgIpc) is 2.83. The number of carbonyl (C=O) groups is 1. The van der Waals surface area contributed by atoms with Crippen LogP contribution in [0.15, 0.2) is 36.5 Å². The van der Waals surface area contributed by atoms with Crippen molar-refractivity contribution >= 4 is 52.2 Å². The lowest BCUT2D eigenvalue weighted by molar-refractivity contribution is 0.211. The fourth-order valence-electron chi connectivity index (χ4n) is 3.42. The second-order valence-corrected chi connectivity index (χ2v) is 7.61. The number of anilines is 6. The third kappa shape index (κ3) is 6.07. The summed E-state index contributed by atoms with van der Waals surface area (Å²) in [4.78, 5) is 22.0. The minimum Gasteiger partial charge on any atom is -0.495 e. The number of nitrogens with two attached hydrogens (primary N) is 2. The fourth-order valence-corrected chi connectivity index (χ4v) is 3.56. The number of nitrogen functional groups attached to an aromatic ring is 1. The number of carbonyl (C=O) groups excluding carboxylic acids is 1. The Bertz CT molecular complexity index is 1200. The molecule has 0 spiro atoms. The van der Waals surface area contributed by atoms with Crippen LogP contribution in [0.4, 0.5) is 39.3 Å². The molecule has 12 heteroatoms. The SMILES string of the molecule is CCN(CC)c1cc(OC)c(Nc2ncc(Cl)c(Nc3cc(OC(N)=O)ccc3OC)n2)cc1N. The molecule has 0 aliphatic rings. The molecule has 6 N–H and O–H groups in total. The Kier molecular flexibility index (Phi) is 8.26. The Hall–Kier alpha value is -4.12. The van der Waals surface area contributed by atoms with Crippen molar-refractivity contribution in [1.29, 1.82) is 0 Å². The zero-order valence-electron chi connectivity index (χ0n) is 19.9. The highest BCUT2D eigenvalue weighted by atomic mass is 35.5. The van der Waals surface area contributed by atoms with E-state index in [4.69, 9.17) is 37.3 Å². The minimum absolute atomic E-state index is 0.220. The van der Waals surface area contributed by atoms with E-state index in [1.807, 2.05) is 6.07 Å². The summed E-state index contributed by atoms with van der Waals surface area (Å²) in [5, 5.41) is 6.44. The molecule has 11 nitrogen and oxygen atoms in total. The molecular formula is C23H28ClN7O4. The van der Waals surface area contributed by atoms with Crippen LogP contribution in [0.25, 0.3) is 0 Å². The van der Waals surface area contributed by atoms with E-state index in [-0.39, 0.29) is 22.5 Å². The second kappa shape index (κ2) is 11.3. The molecule has 1 amide bonds. The van der Waals surface area contributed by atoms with Crippen LogP contribution in [0.2, 0.25) is 5.02 Å². The van der Waals surface area contributed by atoms with Crippen molar-refractivity contribution in [2.75, 3.05) is 48.6 Å². The summed E-state index contributed by atoms with van der Waals surface area (Å²) in [6.45, 7) is 5.73. The molecule has 0 aliphatic carbocycles. The van der Waals surface area contributed by atoms with Gasteiger partial charge in [0.2, 0.25) is 5.95 Å². The van der Waals surface area contributed by atoms with E-state index < -0.39 is 6.09 Å². The molecule has 3 rings (SSSR count). The Morgan fingerprint density at radius 2 is 1.74 bits per heavy atom. The fraction of sp³-hybridized carbons (Fsp3) is 0.261. The third-order valence-corrected chi connectivity index (χ3v) is 5.36. The van der Waals surface area contributed by atoms with Gasteiger partial charge in [0.05, 0.1) is 43.2 Å². The first-order chi connectivity index (χ1) is 16.8. The number of nitrogens with zero attached hydrogens (tertiary/aromatic N) is 3. The topological polar surface area (TPSA) is 150 Å². The van der Waals surface area contributed by atoms with Gasteiger partial charge < -0.3 is 41.2 Å². The zero-order valence-corrected chi connectivity index (χ0v) is 20.6. The van der Waals surface area contributed by atoms with Gasteiger partial charge in [0.1, 0.15) is 22.3 Å². The predicted octanol–water partition coefficient (Wildman–Crippen LogP) is 4.52. The summed E-state index contributed by atoms with van der Waals surface area (Å²) in [5.41, 5.74) is 13.9. The molecule has 0 radical (unpaired) electrons. The molecular weight excluding hydrogens is 474 g/mol. The number of amides is 1. The van der Waals surface area contributed by atoms with Crippen LogP contribution >= 0.6 is 11.6 Å². The highest BCUT2D eigenvalue weighted by Gasteiger charge is 2.16. The maximum absolute atomic E-state index is 11.1. The summed E-state index contributed by atoms with van der Waals surface area (Å²) in [7, 11) is 3.08. The quantitative estimate of drug-likeness (QED) is 0.292. The first-order valence-corrected chi connectivity index (χ1v) is 11.1. The molecule has 0 bridgehead atoms. The van der Waals surface area contributed by atoms with Crippen molar-refractivity contribution < 1.29 is 19.0 Å². The highest BCUT2D eigenvalue weighted by Crippen LogP contribution is 2.37. The summed E-state index contributed by atoms with van der Waals surface area (Å²) in [6, 6.07) is 8.33. The van der Waals surface area contributed by atoms with E-state index in [1.54, 1.807) is 25.3 Å². The van der Waals surface area contributed by atoms with Crippen LogP contribution in [0.3, 0.4) is 0 Å². The molecule has 35 heavy (non-hydrogen) atoms. The Balaban J connectivity index is 1.92. The Labute approximate surface area is 208 Å². The minimum atomic E-state index is -0.937. The van der Waals surface area contributed by atoms with Gasteiger partial charge in [-0.1, -0.05) is 11.6 Å². The van der Waals surface area contributed by atoms with E-state index in [2.05, 4.69) is 39.3 Å². The maximum Gasteiger partial charge on any atom is 0.409 e. The van der Waals surface area contributed by atoms with Crippen LogP contribution in [-0.2, 0) is 0 Å². The molecule has 0 fully saturated rings. The number of hydrogen-bond donors (Lipinski definition) is 4. The first-order valence-electron chi connectivity index (χ1n) is 10.7. The van der Waals surface area contributed by atoms with Gasteiger partial charge in [0.25, 0.3) is 0 Å². The lowest BCUT2D eigenvalue weighted by Gasteiger charge is -2.24. The molecule has 1 heterocycles. The van der Waals surface area contributed by atoms with E-state index in [9.17, 15) is 4.79 Å². The summed E-state index contributed by atoms with van der Waals surface area (Å²) in [6.07, 6.45) is 0.503. The number of aromatic nitrogens is 2. The van der Waals surface area contributed by atoms with Crippen LogP contribution in [-0.4, -0.2) is 43.4 Å². The van der Waals surface area contributed by atoms with E-state index in [1.165, 1.54) is 19.4 Å². The molecule has 2 aromatic carbocycles. The first kappa shape index (κ1) is 25.5. The number of nitrogens with one attached hydrogen (secondary N) is 2. The molecule has 0 aliphatic heterocycles. The predicted molar refractivity (Wildman–Crippen MR) is 138 cm³/mol. The number of methoxy groups -OCH3 is 2. The summed E-state index contributed by atoms with van der Waals surface area (Å²) < 4.78 is 15.9. The van der Waals surface area contributed by atoms with Crippen LogP contribution in [0.1, 0.15) is 13.8 Å². The standard InChI is InChI=1S/C23H28ClN7O4/c1-5-31(6-2)18-11-20(34-4)17(10-15(18)25)29-23-27-12-14(24)21(30-23)28-16-9-13(35-22(26)32)7-8-19(16)33-3/h7-12H,5-6,25H2,1-4H3,(H2,26,32)(H2,27,28,29,30). The number of ether oxygens (including phenoxy) is 3. The van der Waals surface area contributed by atoms with Gasteiger partial charge in [0.15, 0.2) is 5.82 Å². The average molecular weight is 502 g/mol. The van der Waals surface area contributed by atoms with Crippen molar-refractivity contribution in [3.8, 4) is 17.2 Å². The van der Waals surface area contributed by atoms with Crippen molar-refractivity contribution in [2.45, 2.75) is 13.8 Å². The number of primary amides is 1. The number of halogens is 1. The molecule has 0 saturated heterocycles.